The molecule has 0 saturated heterocycles. The van der Waals surface area contributed by atoms with Crippen LogP contribution in [0.15, 0.2) is 54.7 Å². The number of nitrogens with zero attached hydrogens (tertiary/aromatic N) is 4. The molecule has 1 aliphatic heterocycles. The normalized spacial score (nSPS) is 12.2. The summed E-state index contributed by atoms with van der Waals surface area (Å²) in [6, 6.07) is 15.2. The zero-order valence-electron chi connectivity index (χ0n) is 14.3. The molecule has 26 heavy (non-hydrogen) atoms. The Labute approximate surface area is 150 Å². The lowest BCUT2D eigenvalue weighted by Crippen LogP contribution is -2.30. The Balaban J connectivity index is 1.51. The van der Waals surface area contributed by atoms with Gasteiger partial charge in [-0.25, -0.2) is 0 Å². The van der Waals surface area contributed by atoms with Gasteiger partial charge in [-0.2, -0.15) is 9.90 Å². The van der Waals surface area contributed by atoms with Gasteiger partial charge in [0.1, 0.15) is 0 Å². The molecule has 0 atom stereocenters. The minimum Gasteiger partial charge on any atom is -0.454 e. The van der Waals surface area contributed by atoms with Crippen molar-refractivity contribution >= 4 is 5.91 Å². The molecule has 0 unspecified atom stereocenters. The summed E-state index contributed by atoms with van der Waals surface area (Å²) in [5.41, 5.74) is 2.10. The number of rotatable bonds is 5. The van der Waals surface area contributed by atoms with E-state index in [1.807, 2.05) is 55.5 Å². The highest BCUT2D eigenvalue weighted by atomic mass is 16.7. The number of hydrogen-bond donors (Lipinski definition) is 0. The number of fused-ring (bicyclic) bond motifs is 1. The molecule has 4 rings (SSSR count). The molecule has 2 heterocycles. The molecule has 0 aliphatic carbocycles. The highest BCUT2D eigenvalue weighted by Crippen LogP contribution is 2.32. The van der Waals surface area contributed by atoms with Gasteiger partial charge in [-0.1, -0.05) is 24.3 Å². The van der Waals surface area contributed by atoms with Crippen LogP contribution in [0.1, 0.15) is 23.0 Å². The quantitative estimate of drug-likeness (QED) is 0.708. The third-order valence-corrected chi connectivity index (χ3v) is 4.18. The molecular formula is C19H18N4O3. The second-order valence-corrected chi connectivity index (χ2v) is 5.86. The van der Waals surface area contributed by atoms with E-state index >= 15 is 0 Å². The van der Waals surface area contributed by atoms with Crippen LogP contribution in [-0.4, -0.2) is 39.1 Å². The molecule has 2 aromatic carbocycles. The number of para-hydroxylation sites is 1. The summed E-state index contributed by atoms with van der Waals surface area (Å²) in [5, 5.41) is 8.52. The monoisotopic (exact) mass is 350 g/mol. The standard InChI is InChI=1S/C19H18N4O3/c1-2-22(12-14-8-9-17-18(10-14)26-13-25-17)19(24)16-11-20-23(21-16)15-6-4-3-5-7-15/h3-11H,2,12-13H2,1H3. The van der Waals surface area contributed by atoms with Crippen LogP contribution >= 0.6 is 0 Å². The van der Waals surface area contributed by atoms with Crippen LogP contribution < -0.4 is 9.47 Å². The van der Waals surface area contributed by atoms with Crippen LogP contribution in [0.4, 0.5) is 0 Å². The Bertz CT molecular complexity index is 924. The lowest BCUT2D eigenvalue weighted by Gasteiger charge is -2.19. The molecule has 0 N–H and O–H groups in total. The van der Waals surface area contributed by atoms with Gasteiger partial charge in [0.2, 0.25) is 6.79 Å². The average molecular weight is 350 g/mol. The number of carbonyl (C=O) groups excluding carboxylic acids is 1. The lowest BCUT2D eigenvalue weighted by atomic mass is 10.2. The van der Waals surface area contributed by atoms with E-state index in [4.69, 9.17) is 9.47 Å². The molecule has 0 fully saturated rings. The van der Waals surface area contributed by atoms with Crippen LogP contribution in [0.5, 0.6) is 11.5 Å². The molecule has 1 aliphatic rings. The minimum atomic E-state index is -0.160. The maximum Gasteiger partial charge on any atom is 0.276 e. The van der Waals surface area contributed by atoms with Crippen molar-refractivity contribution in [3.05, 3.63) is 66.0 Å². The molecule has 0 spiro atoms. The van der Waals surface area contributed by atoms with E-state index in [1.54, 1.807) is 4.90 Å². The summed E-state index contributed by atoms with van der Waals surface area (Å²) in [6.07, 6.45) is 1.50. The predicted molar refractivity (Wildman–Crippen MR) is 94.3 cm³/mol. The summed E-state index contributed by atoms with van der Waals surface area (Å²) in [6.45, 7) is 3.19. The van der Waals surface area contributed by atoms with Crippen molar-refractivity contribution in [2.45, 2.75) is 13.5 Å². The van der Waals surface area contributed by atoms with Gasteiger partial charge < -0.3 is 14.4 Å². The predicted octanol–water partition coefficient (Wildman–Crippen LogP) is 2.66. The summed E-state index contributed by atoms with van der Waals surface area (Å²) in [4.78, 5) is 16.0. The topological polar surface area (TPSA) is 69.5 Å². The van der Waals surface area contributed by atoms with Gasteiger partial charge in [-0.3, -0.25) is 4.79 Å². The lowest BCUT2D eigenvalue weighted by molar-refractivity contribution is 0.0746. The van der Waals surface area contributed by atoms with Crippen molar-refractivity contribution in [3.8, 4) is 17.2 Å². The molecule has 132 valence electrons. The summed E-state index contributed by atoms with van der Waals surface area (Å²) >= 11 is 0. The first-order valence-electron chi connectivity index (χ1n) is 8.40. The van der Waals surface area contributed by atoms with Crippen LogP contribution in [0, 0.1) is 0 Å². The highest BCUT2D eigenvalue weighted by molar-refractivity contribution is 5.91. The van der Waals surface area contributed by atoms with Gasteiger partial charge in [0, 0.05) is 13.1 Å². The zero-order chi connectivity index (χ0) is 17.9. The van der Waals surface area contributed by atoms with Crippen LogP contribution in [0.2, 0.25) is 0 Å². The molecular weight excluding hydrogens is 332 g/mol. The van der Waals surface area contributed by atoms with Gasteiger partial charge in [0.15, 0.2) is 17.2 Å². The van der Waals surface area contributed by atoms with E-state index in [0.717, 1.165) is 17.0 Å². The van der Waals surface area contributed by atoms with E-state index in [-0.39, 0.29) is 12.7 Å². The number of amides is 1. The summed E-state index contributed by atoms with van der Waals surface area (Å²) in [7, 11) is 0. The van der Waals surface area contributed by atoms with Crippen LogP contribution in [0.25, 0.3) is 5.69 Å². The van der Waals surface area contributed by atoms with Crippen LogP contribution in [0.3, 0.4) is 0 Å². The molecule has 7 heteroatoms. The fraction of sp³-hybridized carbons (Fsp3) is 0.211. The molecule has 0 bridgehead atoms. The van der Waals surface area contributed by atoms with E-state index in [9.17, 15) is 4.79 Å². The number of benzene rings is 2. The van der Waals surface area contributed by atoms with Crippen molar-refractivity contribution in [1.82, 2.24) is 19.9 Å². The fourth-order valence-electron chi connectivity index (χ4n) is 2.80. The number of carbonyl (C=O) groups is 1. The minimum absolute atomic E-state index is 0.160. The first-order valence-corrected chi connectivity index (χ1v) is 8.40. The van der Waals surface area contributed by atoms with E-state index in [0.29, 0.717) is 24.5 Å². The maximum absolute atomic E-state index is 12.8. The second kappa shape index (κ2) is 6.87. The second-order valence-electron chi connectivity index (χ2n) is 5.86. The zero-order valence-corrected chi connectivity index (χ0v) is 14.3. The first-order chi connectivity index (χ1) is 12.7. The Morgan fingerprint density at radius 3 is 2.77 bits per heavy atom. The van der Waals surface area contributed by atoms with E-state index in [2.05, 4.69) is 10.2 Å². The first kappa shape index (κ1) is 16.1. The average Bonchev–Trinajstić information content (AvgIpc) is 3.35. The fourth-order valence-corrected chi connectivity index (χ4v) is 2.80. The van der Waals surface area contributed by atoms with Crippen molar-refractivity contribution < 1.29 is 14.3 Å². The Morgan fingerprint density at radius 1 is 1.15 bits per heavy atom. The number of hydrogen-bond acceptors (Lipinski definition) is 5. The Morgan fingerprint density at radius 2 is 1.96 bits per heavy atom. The maximum atomic E-state index is 12.8. The molecule has 1 aromatic heterocycles. The van der Waals surface area contributed by atoms with Crippen molar-refractivity contribution in [3.63, 3.8) is 0 Å². The third kappa shape index (κ3) is 3.11. The van der Waals surface area contributed by atoms with Gasteiger partial charge in [0.25, 0.3) is 5.91 Å². The smallest absolute Gasteiger partial charge is 0.276 e. The molecule has 7 nitrogen and oxygen atoms in total. The molecule has 1 amide bonds. The van der Waals surface area contributed by atoms with Crippen molar-refractivity contribution in [2.24, 2.45) is 0 Å². The summed E-state index contributed by atoms with van der Waals surface area (Å²) in [5.74, 6) is 1.28. The van der Waals surface area contributed by atoms with Gasteiger partial charge in [0.05, 0.1) is 11.9 Å². The molecule has 3 aromatic rings. The third-order valence-electron chi connectivity index (χ3n) is 4.18. The van der Waals surface area contributed by atoms with Crippen LogP contribution in [-0.2, 0) is 6.54 Å². The van der Waals surface area contributed by atoms with Crippen molar-refractivity contribution in [1.29, 1.82) is 0 Å². The van der Waals surface area contributed by atoms with Crippen molar-refractivity contribution in [2.75, 3.05) is 13.3 Å². The Hall–Kier alpha value is -3.35. The van der Waals surface area contributed by atoms with Gasteiger partial charge in [-0.05, 0) is 36.8 Å². The molecule has 0 saturated carbocycles. The summed E-state index contributed by atoms with van der Waals surface area (Å²) < 4.78 is 10.7. The van der Waals surface area contributed by atoms with Gasteiger partial charge in [-0.15, -0.1) is 5.10 Å². The Kier molecular flexibility index (Phi) is 4.27. The van der Waals surface area contributed by atoms with E-state index in [1.165, 1.54) is 11.0 Å². The number of ether oxygens (including phenoxy) is 2. The van der Waals surface area contributed by atoms with E-state index < -0.39 is 0 Å². The largest absolute Gasteiger partial charge is 0.454 e. The van der Waals surface area contributed by atoms with Gasteiger partial charge >= 0.3 is 0 Å². The number of aromatic nitrogens is 3. The SMILES string of the molecule is CCN(Cc1ccc2c(c1)OCO2)C(=O)c1cnn(-c2ccccc2)n1. The highest BCUT2D eigenvalue weighted by Gasteiger charge is 2.20. The molecule has 0 radical (unpaired) electrons.